The van der Waals surface area contributed by atoms with Gasteiger partial charge in [-0.25, -0.2) is 8.42 Å². The summed E-state index contributed by atoms with van der Waals surface area (Å²) in [6.45, 7) is 3.22. The van der Waals surface area contributed by atoms with Gasteiger partial charge in [0.15, 0.2) is 0 Å². The van der Waals surface area contributed by atoms with Gasteiger partial charge in [0, 0.05) is 51.7 Å². The first-order valence-electron chi connectivity index (χ1n) is 11.4. The maximum atomic E-state index is 13.0. The van der Waals surface area contributed by atoms with Crippen molar-refractivity contribution in [3.8, 4) is 0 Å². The molecule has 1 amide bonds. The highest BCUT2D eigenvalue weighted by Gasteiger charge is 2.35. The molecule has 0 saturated carbocycles. The topological polar surface area (TPSA) is 60.9 Å². The summed E-state index contributed by atoms with van der Waals surface area (Å²) in [6.07, 6.45) is -3.40. The second-order valence-corrected chi connectivity index (χ2v) is 10.7. The molecule has 6 nitrogen and oxygen atoms in total. The summed E-state index contributed by atoms with van der Waals surface area (Å²) in [4.78, 5) is 17.1. The molecule has 0 aliphatic carbocycles. The van der Waals surface area contributed by atoms with Gasteiger partial charge in [0.2, 0.25) is 15.9 Å². The summed E-state index contributed by atoms with van der Waals surface area (Å²) in [6, 6.07) is 13.6. The van der Waals surface area contributed by atoms with Crippen molar-refractivity contribution in [3.63, 3.8) is 0 Å². The standard InChI is InChI=1S/C24H28F3N3O3S/c25-24(26,27)21-6-4-5-19(17-21)18-28-13-15-29(16-14-28)23(31)20-9-11-30(12-10-20)34(32,33)22-7-2-1-3-8-22/h1-8,17,20H,9-16,18H2. The van der Waals surface area contributed by atoms with E-state index in [0.717, 1.165) is 6.07 Å². The molecule has 0 N–H and O–H groups in total. The molecule has 2 saturated heterocycles. The molecule has 2 aliphatic rings. The number of benzene rings is 2. The third-order valence-electron chi connectivity index (χ3n) is 6.53. The number of hydrogen-bond donors (Lipinski definition) is 0. The SMILES string of the molecule is O=C(C1CCN(S(=O)(=O)c2ccccc2)CC1)N1CCN(Cc2cccc(C(F)(F)F)c2)CC1. The van der Waals surface area contributed by atoms with Gasteiger partial charge in [-0.05, 0) is 36.6 Å². The molecule has 34 heavy (non-hydrogen) atoms. The Morgan fingerprint density at radius 3 is 2.15 bits per heavy atom. The number of piperidine rings is 1. The van der Waals surface area contributed by atoms with Crippen LogP contribution in [0.25, 0.3) is 0 Å². The molecule has 10 heteroatoms. The van der Waals surface area contributed by atoms with Gasteiger partial charge in [0.25, 0.3) is 0 Å². The lowest BCUT2D eigenvalue weighted by molar-refractivity contribution is -0.139. The number of alkyl halides is 3. The number of nitrogens with zero attached hydrogens (tertiary/aromatic N) is 3. The Kier molecular flexibility index (Phi) is 7.30. The van der Waals surface area contributed by atoms with Crippen molar-refractivity contribution in [2.24, 2.45) is 5.92 Å². The monoisotopic (exact) mass is 495 g/mol. The highest BCUT2D eigenvalue weighted by molar-refractivity contribution is 7.89. The predicted octanol–water partition coefficient (Wildman–Crippen LogP) is 3.45. The molecular weight excluding hydrogens is 467 g/mol. The Morgan fingerprint density at radius 2 is 1.53 bits per heavy atom. The smallest absolute Gasteiger partial charge is 0.340 e. The average molecular weight is 496 g/mol. The van der Waals surface area contributed by atoms with E-state index in [0.29, 0.717) is 64.2 Å². The number of hydrogen-bond acceptors (Lipinski definition) is 4. The van der Waals surface area contributed by atoms with Crippen molar-refractivity contribution in [2.45, 2.75) is 30.5 Å². The maximum Gasteiger partial charge on any atom is 0.416 e. The van der Waals surface area contributed by atoms with Crippen molar-refractivity contribution in [1.82, 2.24) is 14.1 Å². The van der Waals surface area contributed by atoms with Crippen LogP contribution in [0.5, 0.6) is 0 Å². The Labute approximate surface area is 198 Å². The Bertz CT molecular complexity index is 1090. The molecule has 0 spiro atoms. The molecule has 0 radical (unpaired) electrons. The molecule has 2 heterocycles. The zero-order chi connectivity index (χ0) is 24.3. The van der Waals surface area contributed by atoms with Crippen LogP contribution in [0.3, 0.4) is 0 Å². The highest BCUT2D eigenvalue weighted by Crippen LogP contribution is 2.30. The molecule has 0 bridgehead atoms. The van der Waals surface area contributed by atoms with Crippen LogP contribution in [-0.2, 0) is 27.5 Å². The molecule has 0 atom stereocenters. The second-order valence-electron chi connectivity index (χ2n) is 8.79. The van der Waals surface area contributed by atoms with E-state index in [9.17, 15) is 26.4 Å². The summed E-state index contributed by atoms with van der Waals surface area (Å²) >= 11 is 0. The third-order valence-corrected chi connectivity index (χ3v) is 8.44. The third kappa shape index (κ3) is 5.61. The Hall–Kier alpha value is -2.43. The van der Waals surface area contributed by atoms with Crippen LogP contribution in [0.4, 0.5) is 13.2 Å². The molecule has 2 fully saturated rings. The maximum absolute atomic E-state index is 13.0. The number of rotatable bonds is 5. The minimum atomic E-state index is -4.36. The fourth-order valence-electron chi connectivity index (χ4n) is 4.57. The molecule has 4 rings (SSSR count). The molecule has 2 aromatic rings. The highest BCUT2D eigenvalue weighted by atomic mass is 32.2. The summed E-state index contributed by atoms with van der Waals surface area (Å²) in [7, 11) is -3.55. The summed E-state index contributed by atoms with van der Waals surface area (Å²) in [5.41, 5.74) is -0.0546. The summed E-state index contributed by atoms with van der Waals surface area (Å²) in [5.74, 6) is -0.173. The van der Waals surface area contributed by atoms with Crippen LogP contribution in [0.1, 0.15) is 24.0 Å². The fraction of sp³-hybridized carbons (Fsp3) is 0.458. The van der Waals surface area contributed by atoms with Crippen molar-refractivity contribution < 1.29 is 26.4 Å². The quantitative estimate of drug-likeness (QED) is 0.638. The van der Waals surface area contributed by atoms with Crippen molar-refractivity contribution in [1.29, 1.82) is 0 Å². The lowest BCUT2D eigenvalue weighted by Gasteiger charge is -2.38. The number of carbonyl (C=O) groups excluding carboxylic acids is 1. The first-order valence-corrected chi connectivity index (χ1v) is 12.8. The van der Waals surface area contributed by atoms with E-state index in [2.05, 4.69) is 0 Å². The van der Waals surface area contributed by atoms with Crippen LogP contribution in [-0.4, -0.2) is 67.7 Å². The number of halogens is 3. The largest absolute Gasteiger partial charge is 0.416 e. The van der Waals surface area contributed by atoms with E-state index < -0.39 is 21.8 Å². The lowest BCUT2D eigenvalue weighted by Crippen LogP contribution is -2.51. The van der Waals surface area contributed by atoms with Gasteiger partial charge in [0.05, 0.1) is 10.5 Å². The molecule has 184 valence electrons. The van der Waals surface area contributed by atoms with Crippen LogP contribution < -0.4 is 0 Å². The lowest BCUT2D eigenvalue weighted by atomic mass is 9.96. The fourth-order valence-corrected chi connectivity index (χ4v) is 6.06. The Balaban J connectivity index is 1.27. The Morgan fingerprint density at radius 1 is 0.882 bits per heavy atom. The van der Waals surface area contributed by atoms with Gasteiger partial charge >= 0.3 is 6.18 Å². The minimum Gasteiger partial charge on any atom is -0.340 e. The molecular formula is C24H28F3N3O3S. The van der Waals surface area contributed by atoms with E-state index in [1.54, 1.807) is 41.3 Å². The second kappa shape index (κ2) is 10.1. The molecule has 0 aromatic heterocycles. The van der Waals surface area contributed by atoms with Crippen LogP contribution in [0, 0.1) is 5.92 Å². The van der Waals surface area contributed by atoms with Crippen molar-refractivity contribution >= 4 is 15.9 Å². The normalized spacial score (nSPS) is 19.3. The van der Waals surface area contributed by atoms with Crippen LogP contribution in [0.15, 0.2) is 59.5 Å². The van der Waals surface area contributed by atoms with Gasteiger partial charge in [-0.3, -0.25) is 9.69 Å². The van der Waals surface area contributed by atoms with Gasteiger partial charge in [-0.1, -0.05) is 36.4 Å². The summed E-state index contributed by atoms with van der Waals surface area (Å²) in [5, 5.41) is 0. The van der Waals surface area contributed by atoms with Gasteiger partial charge in [-0.15, -0.1) is 0 Å². The predicted molar refractivity (Wildman–Crippen MR) is 121 cm³/mol. The van der Waals surface area contributed by atoms with Gasteiger partial charge < -0.3 is 4.90 Å². The summed E-state index contributed by atoms with van der Waals surface area (Å²) < 4.78 is 65.9. The van der Waals surface area contributed by atoms with E-state index in [1.165, 1.54) is 16.4 Å². The van der Waals surface area contributed by atoms with Gasteiger partial charge in [-0.2, -0.15) is 17.5 Å². The minimum absolute atomic E-state index is 0.0375. The number of carbonyl (C=O) groups is 1. The average Bonchev–Trinajstić information content (AvgIpc) is 2.84. The van der Waals surface area contributed by atoms with Crippen LogP contribution in [0.2, 0.25) is 0 Å². The first-order chi connectivity index (χ1) is 16.1. The van der Waals surface area contributed by atoms with Crippen LogP contribution >= 0.6 is 0 Å². The number of sulfonamides is 1. The molecule has 2 aliphatic heterocycles. The van der Waals surface area contributed by atoms with E-state index in [4.69, 9.17) is 0 Å². The van der Waals surface area contributed by atoms with E-state index >= 15 is 0 Å². The molecule has 0 unspecified atom stereocenters. The zero-order valence-electron chi connectivity index (χ0n) is 18.7. The number of amides is 1. The molecule has 2 aromatic carbocycles. The van der Waals surface area contributed by atoms with E-state index in [1.807, 2.05) is 4.90 Å². The van der Waals surface area contributed by atoms with Gasteiger partial charge in [0.1, 0.15) is 0 Å². The first kappa shape index (κ1) is 24.7. The van der Waals surface area contributed by atoms with Crippen molar-refractivity contribution in [3.05, 3.63) is 65.7 Å². The number of piperazine rings is 1. The van der Waals surface area contributed by atoms with Crippen molar-refractivity contribution in [2.75, 3.05) is 39.3 Å². The van der Waals surface area contributed by atoms with E-state index in [-0.39, 0.29) is 16.7 Å². The zero-order valence-corrected chi connectivity index (χ0v) is 19.6.